The van der Waals surface area contributed by atoms with Gasteiger partial charge in [-0.15, -0.1) is 0 Å². The standard InChI is InChI=1S/C22H24N4O3/c1-2-5-19(21(28)29)18-9-8-16(13-20(18)25-14-27)15-6-3-7-17(12-15)26-22-23-10-4-11-24-22/h3,5-9,12-14H,2,4,10-11H2,1H3,(H,25,27)(H,28,29)(H2,23,24,26). The molecular formula is C22H24N4O3. The summed E-state index contributed by atoms with van der Waals surface area (Å²) in [7, 11) is 0. The van der Waals surface area contributed by atoms with Crippen molar-refractivity contribution in [2.24, 2.45) is 4.99 Å². The van der Waals surface area contributed by atoms with E-state index in [-0.39, 0.29) is 5.57 Å². The highest BCUT2D eigenvalue weighted by Crippen LogP contribution is 2.31. The molecule has 0 fully saturated rings. The Kier molecular flexibility index (Phi) is 6.63. The summed E-state index contributed by atoms with van der Waals surface area (Å²) in [4.78, 5) is 27.1. The number of benzene rings is 2. The van der Waals surface area contributed by atoms with Crippen LogP contribution in [0.15, 0.2) is 53.5 Å². The average Bonchev–Trinajstić information content (AvgIpc) is 2.73. The number of carbonyl (C=O) groups excluding carboxylic acids is 1. The number of anilines is 2. The molecule has 1 aliphatic rings. The first-order valence-corrected chi connectivity index (χ1v) is 9.56. The van der Waals surface area contributed by atoms with Crippen molar-refractivity contribution in [2.75, 3.05) is 23.7 Å². The molecule has 4 N–H and O–H groups in total. The molecule has 0 atom stereocenters. The third kappa shape index (κ3) is 5.01. The van der Waals surface area contributed by atoms with E-state index in [0.29, 0.717) is 24.1 Å². The Labute approximate surface area is 169 Å². The average molecular weight is 392 g/mol. The Hall–Kier alpha value is -3.61. The molecule has 1 heterocycles. The van der Waals surface area contributed by atoms with Crippen molar-refractivity contribution in [3.05, 3.63) is 54.1 Å². The molecule has 1 aliphatic heterocycles. The van der Waals surface area contributed by atoms with E-state index >= 15 is 0 Å². The number of nitrogens with one attached hydrogen (secondary N) is 3. The van der Waals surface area contributed by atoms with Gasteiger partial charge < -0.3 is 21.1 Å². The van der Waals surface area contributed by atoms with Crippen molar-refractivity contribution < 1.29 is 14.7 Å². The van der Waals surface area contributed by atoms with E-state index in [2.05, 4.69) is 20.9 Å². The van der Waals surface area contributed by atoms with Gasteiger partial charge in [0.15, 0.2) is 5.96 Å². The van der Waals surface area contributed by atoms with E-state index in [4.69, 9.17) is 0 Å². The molecule has 0 saturated carbocycles. The van der Waals surface area contributed by atoms with Gasteiger partial charge in [-0.05, 0) is 42.2 Å². The number of nitrogens with zero attached hydrogens (tertiary/aromatic N) is 1. The van der Waals surface area contributed by atoms with Crippen LogP contribution in [0.3, 0.4) is 0 Å². The number of rotatable bonds is 7. The molecule has 1 amide bonds. The van der Waals surface area contributed by atoms with Crippen molar-refractivity contribution in [1.29, 1.82) is 0 Å². The SMILES string of the molecule is CCC=C(C(=O)O)c1ccc(-c2cccc(NC3=NCCCN3)c2)cc1NC=O. The van der Waals surface area contributed by atoms with E-state index in [9.17, 15) is 14.7 Å². The minimum atomic E-state index is -1.03. The molecule has 3 rings (SSSR count). The molecule has 0 bridgehead atoms. The van der Waals surface area contributed by atoms with Gasteiger partial charge in [0.05, 0.1) is 5.57 Å². The predicted molar refractivity (Wildman–Crippen MR) is 116 cm³/mol. The lowest BCUT2D eigenvalue weighted by Gasteiger charge is -2.17. The fourth-order valence-electron chi connectivity index (χ4n) is 3.19. The number of amides is 1. The highest BCUT2D eigenvalue weighted by atomic mass is 16.4. The van der Waals surface area contributed by atoms with Crippen LogP contribution >= 0.6 is 0 Å². The molecule has 0 aliphatic carbocycles. The lowest BCUT2D eigenvalue weighted by Crippen LogP contribution is -2.35. The minimum Gasteiger partial charge on any atom is -0.478 e. The summed E-state index contributed by atoms with van der Waals surface area (Å²) in [5.41, 5.74) is 3.79. The van der Waals surface area contributed by atoms with Crippen LogP contribution < -0.4 is 16.0 Å². The maximum Gasteiger partial charge on any atom is 0.336 e. The van der Waals surface area contributed by atoms with Crippen molar-refractivity contribution in [2.45, 2.75) is 19.8 Å². The molecule has 0 spiro atoms. The van der Waals surface area contributed by atoms with Crippen molar-refractivity contribution in [3.63, 3.8) is 0 Å². The number of hydrogen-bond donors (Lipinski definition) is 4. The van der Waals surface area contributed by atoms with Gasteiger partial charge in [-0.3, -0.25) is 9.79 Å². The van der Waals surface area contributed by atoms with Crippen molar-refractivity contribution >= 4 is 35.3 Å². The first-order chi connectivity index (χ1) is 14.1. The van der Waals surface area contributed by atoms with Crippen LogP contribution in [0.5, 0.6) is 0 Å². The fourth-order valence-corrected chi connectivity index (χ4v) is 3.19. The summed E-state index contributed by atoms with van der Waals surface area (Å²) in [6.07, 6.45) is 3.79. The molecule has 2 aromatic carbocycles. The zero-order chi connectivity index (χ0) is 20.6. The number of aliphatic carboxylic acids is 1. The summed E-state index contributed by atoms with van der Waals surface area (Å²) >= 11 is 0. The van der Waals surface area contributed by atoms with Gasteiger partial charge in [0, 0.05) is 30.0 Å². The second-order valence-corrected chi connectivity index (χ2v) is 6.57. The van der Waals surface area contributed by atoms with Crippen molar-refractivity contribution in [3.8, 4) is 11.1 Å². The van der Waals surface area contributed by atoms with Gasteiger partial charge in [0.2, 0.25) is 6.41 Å². The normalized spacial score (nSPS) is 13.8. The number of carbonyl (C=O) groups is 2. The topological polar surface area (TPSA) is 103 Å². The smallest absolute Gasteiger partial charge is 0.336 e. The summed E-state index contributed by atoms with van der Waals surface area (Å²) in [5, 5.41) is 18.6. The summed E-state index contributed by atoms with van der Waals surface area (Å²) in [6.45, 7) is 3.56. The third-order valence-corrected chi connectivity index (χ3v) is 4.52. The van der Waals surface area contributed by atoms with Crippen LogP contribution in [-0.2, 0) is 9.59 Å². The van der Waals surface area contributed by atoms with Gasteiger partial charge >= 0.3 is 5.97 Å². The minimum absolute atomic E-state index is 0.167. The number of allylic oxidation sites excluding steroid dienone is 1. The van der Waals surface area contributed by atoms with E-state index in [1.54, 1.807) is 18.2 Å². The summed E-state index contributed by atoms with van der Waals surface area (Å²) in [5.74, 6) is -0.275. The van der Waals surface area contributed by atoms with Gasteiger partial charge in [-0.25, -0.2) is 4.79 Å². The number of guanidine groups is 1. The van der Waals surface area contributed by atoms with E-state index in [1.807, 2.05) is 37.3 Å². The van der Waals surface area contributed by atoms with Crippen LogP contribution in [0.4, 0.5) is 11.4 Å². The lowest BCUT2D eigenvalue weighted by molar-refractivity contribution is -0.130. The molecular weight excluding hydrogens is 368 g/mol. The first kappa shape index (κ1) is 20.1. The Morgan fingerprint density at radius 1 is 1.24 bits per heavy atom. The Morgan fingerprint density at radius 2 is 2.07 bits per heavy atom. The molecule has 7 heteroatoms. The number of carboxylic acid groups (broad SMARTS) is 1. The number of aliphatic imine (C=N–C) groups is 1. The fraction of sp³-hybridized carbons (Fsp3) is 0.227. The predicted octanol–water partition coefficient (Wildman–Crippen LogP) is 3.56. The zero-order valence-corrected chi connectivity index (χ0v) is 16.2. The van der Waals surface area contributed by atoms with Gasteiger partial charge in [-0.1, -0.05) is 37.3 Å². The maximum atomic E-state index is 11.6. The summed E-state index contributed by atoms with van der Waals surface area (Å²) in [6, 6.07) is 13.2. The number of hydrogen-bond acceptors (Lipinski definition) is 5. The van der Waals surface area contributed by atoms with Crippen LogP contribution in [0.2, 0.25) is 0 Å². The third-order valence-electron chi connectivity index (χ3n) is 4.52. The zero-order valence-electron chi connectivity index (χ0n) is 16.2. The van der Waals surface area contributed by atoms with Crippen molar-refractivity contribution in [1.82, 2.24) is 5.32 Å². The van der Waals surface area contributed by atoms with Crippen LogP contribution in [0, 0.1) is 0 Å². The van der Waals surface area contributed by atoms with E-state index < -0.39 is 5.97 Å². The van der Waals surface area contributed by atoms with Crippen LogP contribution in [0.1, 0.15) is 25.3 Å². The molecule has 0 saturated heterocycles. The molecule has 0 unspecified atom stereocenters. The highest BCUT2D eigenvalue weighted by molar-refractivity contribution is 6.17. The molecule has 29 heavy (non-hydrogen) atoms. The van der Waals surface area contributed by atoms with E-state index in [0.717, 1.165) is 42.3 Å². The molecule has 0 radical (unpaired) electrons. The Bertz CT molecular complexity index is 966. The Balaban J connectivity index is 1.94. The van der Waals surface area contributed by atoms with Crippen LogP contribution in [-0.4, -0.2) is 36.5 Å². The Morgan fingerprint density at radius 3 is 2.76 bits per heavy atom. The summed E-state index contributed by atoms with van der Waals surface area (Å²) < 4.78 is 0. The quantitative estimate of drug-likeness (QED) is 0.426. The largest absolute Gasteiger partial charge is 0.478 e. The van der Waals surface area contributed by atoms with Gasteiger partial charge in [0.25, 0.3) is 0 Å². The van der Waals surface area contributed by atoms with Gasteiger partial charge in [-0.2, -0.15) is 0 Å². The second-order valence-electron chi connectivity index (χ2n) is 6.57. The molecule has 2 aromatic rings. The molecule has 7 nitrogen and oxygen atoms in total. The second kappa shape index (κ2) is 9.54. The lowest BCUT2D eigenvalue weighted by atomic mass is 9.97. The van der Waals surface area contributed by atoms with Gasteiger partial charge in [0.1, 0.15) is 0 Å². The van der Waals surface area contributed by atoms with E-state index in [1.165, 1.54) is 0 Å². The van der Waals surface area contributed by atoms with Crippen LogP contribution in [0.25, 0.3) is 16.7 Å². The maximum absolute atomic E-state index is 11.6. The highest BCUT2D eigenvalue weighted by Gasteiger charge is 2.15. The first-order valence-electron chi connectivity index (χ1n) is 9.56. The monoisotopic (exact) mass is 392 g/mol. The molecule has 150 valence electrons. The number of carboxylic acids is 1. The molecule has 0 aromatic heterocycles.